The Morgan fingerprint density at radius 2 is 2.35 bits per heavy atom. The lowest BCUT2D eigenvalue weighted by atomic mass is 10.1. The molecular formula is C10H12N4O3. The third kappa shape index (κ3) is 1.42. The van der Waals surface area contributed by atoms with E-state index in [0.717, 1.165) is 24.2 Å². The van der Waals surface area contributed by atoms with E-state index in [-0.39, 0.29) is 12.5 Å². The van der Waals surface area contributed by atoms with Gasteiger partial charge in [0.1, 0.15) is 5.69 Å². The molecule has 17 heavy (non-hydrogen) atoms. The molecule has 7 nitrogen and oxygen atoms in total. The molecule has 90 valence electrons. The minimum Gasteiger partial charge on any atom is -0.480 e. The maximum Gasteiger partial charge on any atom is 0.330 e. The summed E-state index contributed by atoms with van der Waals surface area (Å²) in [6, 6.07) is -0.798. The van der Waals surface area contributed by atoms with E-state index in [2.05, 4.69) is 15.7 Å². The van der Waals surface area contributed by atoms with Crippen LogP contribution in [0.3, 0.4) is 0 Å². The van der Waals surface area contributed by atoms with Gasteiger partial charge >= 0.3 is 5.97 Å². The van der Waals surface area contributed by atoms with Crippen LogP contribution in [0, 0.1) is 0 Å². The predicted octanol–water partition coefficient (Wildman–Crippen LogP) is -1.10. The summed E-state index contributed by atoms with van der Waals surface area (Å²) in [5.41, 5.74) is 2.06. The van der Waals surface area contributed by atoms with Gasteiger partial charge in [-0.1, -0.05) is 0 Å². The van der Waals surface area contributed by atoms with E-state index in [1.54, 1.807) is 0 Å². The normalized spacial score (nSPS) is 22.6. The number of amides is 1. The number of nitrogens with one attached hydrogen (secondary N) is 2. The van der Waals surface area contributed by atoms with Gasteiger partial charge in [0, 0.05) is 25.1 Å². The van der Waals surface area contributed by atoms with Crippen molar-refractivity contribution < 1.29 is 14.7 Å². The molecule has 1 atom stereocenters. The molecular weight excluding hydrogens is 224 g/mol. The Kier molecular flexibility index (Phi) is 2.15. The molecule has 0 aromatic carbocycles. The Balaban J connectivity index is 2.16. The number of carbonyl (C=O) groups excluding carboxylic acids is 1. The van der Waals surface area contributed by atoms with Crippen molar-refractivity contribution >= 4 is 11.9 Å². The third-order valence-electron chi connectivity index (χ3n) is 3.18. The number of carbonyl (C=O) groups is 2. The van der Waals surface area contributed by atoms with Crippen LogP contribution in [0.25, 0.3) is 0 Å². The van der Waals surface area contributed by atoms with Gasteiger partial charge in [-0.3, -0.25) is 4.79 Å². The maximum absolute atomic E-state index is 11.8. The van der Waals surface area contributed by atoms with Crippen LogP contribution in [-0.4, -0.2) is 39.9 Å². The molecule has 0 spiro atoms. The molecule has 1 unspecified atom stereocenters. The van der Waals surface area contributed by atoms with E-state index in [9.17, 15) is 9.59 Å². The first kappa shape index (κ1) is 10.3. The second kappa shape index (κ2) is 3.56. The van der Waals surface area contributed by atoms with Crippen molar-refractivity contribution in [2.24, 2.45) is 0 Å². The van der Waals surface area contributed by atoms with Crippen LogP contribution in [0.4, 0.5) is 0 Å². The molecule has 1 amide bonds. The second-order valence-corrected chi connectivity index (χ2v) is 4.21. The highest BCUT2D eigenvalue weighted by Crippen LogP contribution is 2.24. The minimum absolute atomic E-state index is 0.0924. The summed E-state index contributed by atoms with van der Waals surface area (Å²) in [6.45, 7) is 1.47. The van der Waals surface area contributed by atoms with Gasteiger partial charge in [-0.15, -0.1) is 0 Å². The van der Waals surface area contributed by atoms with Gasteiger partial charge in [-0.2, -0.15) is 5.10 Å². The maximum atomic E-state index is 11.8. The summed E-state index contributed by atoms with van der Waals surface area (Å²) in [4.78, 5) is 22.9. The highest BCUT2D eigenvalue weighted by molar-refractivity contribution is 5.96. The molecule has 0 saturated heterocycles. The van der Waals surface area contributed by atoms with Crippen molar-refractivity contribution in [3.8, 4) is 0 Å². The van der Waals surface area contributed by atoms with E-state index < -0.39 is 12.0 Å². The Morgan fingerprint density at radius 3 is 3.12 bits per heavy atom. The van der Waals surface area contributed by atoms with Crippen LogP contribution < -0.4 is 10.6 Å². The minimum atomic E-state index is -0.973. The van der Waals surface area contributed by atoms with Crippen molar-refractivity contribution in [2.45, 2.75) is 19.0 Å². The van der Waals surface area contributed by atoms with E-state index >= 15 is 0 Å². The SMILES string of the molecule is O=C1NCC(C(=O)O)n2nc3c(c21)CNCC3. The molecule has 0 saturated carbocycles. The number of nitrogens with zero attached hydrogens (tertiary/aromatic N) is 2. The summed E-state index contributed by atoms with van der Waals surface area (Å²) in [5.74, 6) is -1.21. The summed E-state index contributed by atoms with van der Waals surface area (Å²) in [5, 5.41) is 19.1. The van der Waals surface area contributed by atoms with Gasteiger partial charge in [0.2, 0.25) is 0 Å². The lowest BCUT2D eigenvalue weighted by Crippen LogP contribution is -2.43. The standard InChI is InChI=1S/C10H12N4O3/c15-9-8-5-3-11-2-1-6(5)13-14(8)7(4-12-9)10(16)17/h7,11H,1-4H2,(H,12,15)(H,16,17). The van der Waals surface area contributed by atoms with Crippen LogP contribution in [0.15, 0.2) is 0 Å². The smallest absolute Gasteiger partial charge is 0.330 e. The van der Waals surface area contributed by atoms with Crippen LogP contribution in [0.2, 0.25) is 0 Å². The van der Waals surface area contributed by atoms with Gasteiger partial charge in [-0.05, 0) is 0 Å². The first-order valence-electron chi connectivity index (χ1n) is 5.50. The summed E-state index contributed by atoms with van der Waals surface area (Å²) in [6.07, 6.45) is 0.731. The highest BCUT2D eigenvalue weighted by atomic mass is 16.4. The topological polar surface area (TPSA) is 96.3 Å². The number of carboxylic acid groups (broad SMARTS) is 1. The van der Waals surface area contributed by atoms with Crippen molar-refractivity contribution in [2.75, 3.05) is 13.1 Å². The van der Waals surface area contributed by atoms with E-state index in [1.807, 2.05) is 0 Å². The summed E-state index contributed by atoms with van der Waals surface area (Å²) in [7, 11) is 0. The number of aromatic nitrogens is 2. The molecule has 2 aliphatic heterocycles. The summed E-state index contributed by atoms with van der Waals surface area (Å²) < 4.78 is 1.36. The van der Waals surface area contributed by atoms with Gasteiger partial charge < -0.3 is 15.7 Å². The Hall–Kier alpha value is -1.89. The molecule has 0 aliphatic carbocycles. The molecule has 3 rings (SSSR count). The van der Waals surface area contributed by atoms with Crippen LogP contribution in [-0.2, 0) is 17.8 Å². The van der Waals surface area contributed by atoms with E-state index in [1.165, 1.54) is 4.68 Å². The number of aliphatic carboxylic acids is 1. The quantitative estimate of drug-likeness (QED) is 0.575. The zero-order valence-corrected chi connectivity index (χ0v) is 9.06. The Bertz CT molecular complexity index is 508. The van der Waals surface area contributed by atoms with Gasteiger partial charge in [0.25, 0.3) is 5.91 Å². The number of hydrogen-bond acceptors (Lipinski definition) is 4. The predicted molar refractivity (Wildman–Crippen MR) is 56.6 cm³/mol. The molecule has 3 N–H and O–H groups in total. The summed E-state index contributed by atoms with van der Waals surface area (Å²) >= 11 is 0. The molecule has 1 aromatic rings. The first-order chi connectivity index (χ1) is 8.18. The highest BCUT2D eigenvalue weighted by Gasteiger charge is 2.35. The molecule has 1 aromatic heterocycles. The number of rotatable bonds is 1. The molecule has 2 aliphatic rings. The lowest BCUT2D eigenvalue weighted by Gasteiger charge is -2.22. The van der Waals surface area contributed by atoms with E-state index in [4.69, 9.17) is 5.11 Å². The third-order valence-corrected chi connectivity index (χ3v) is 3.18. The van der Waals surface area contributed by atoms with Crippen LogP contribution in [0.1, 0.15) is 27.8 Å². The number of carboxylic acids is 1. The van der Waals surface area contributed by atoms with Crippen LogP contribution in [0.5, 0.6) is 0 Å². The van der Waals surface area contributed by atoms with Crippen molar-refractivity contribution in [3.05, 3.63) is 17.0 Å². The largest absolute Gasteiger partial charge is 0.480 e. The Labute approximate surface area is 96.8 Å². The second-order valence-electron chi connectivity index (χ2n) is 4.21. The van der Waals surface area contributed by atoms with Gasteiger partial charge in [0.05, 0.1) is 12.2 Å². The molecule has 7 heteroatoms. The number of fused-ring (bicyclic) bond motifs is 3. The van der Waals surface area contributed by atoms with Crippen molar-refractivity contribution in [1.29, 1.82) is 0 Å². The fraction of sp³-hybridized carbons (Fsp3) is 0.500. The number of hydrogen-bond donors (Lipinski definition) is 3. The lowest BCUT2D eigenvalue weighted by molar-refractivity contribution is -0.141. The molecule has 0 bridgehead atoms. The van der Waals surface area contributed by atoms with E-state index in [0.29, 0.717) is 12.2 Å². The fourth-order valence-electron chi connectivity index (χ4n) is 2.34. The molecule has 0 radical (unpaired) electrons. The average molecular weight is 236 g/mol. The van der Waals surface area contributed by atoms with Crippen molar-refractivity contribution in [1.82, 2.24) is 20.4 Å². The average Bonchev–Trinajstić information content (AvgIpc) is 2.68. The molecule has 3 heterocycles. The Morgan fingerprint density at radius 1 is 1.53 bits per heavy atom. The monoisotopic (exact) mass is 236 g/mol. The van der Waals surface area contributed by atoms with Gasteiger partial charge in [-0.25, -0.2) is 9.48 Å². The first-order valence-corrected chi connectivity index (χ1v) is 5.50. The van der Waals surface area contributed by atoms with Crippen molar-refractivity contribution in [3.63, 3.8) is 0 Å². The van der Waals surface area contributed by atoms with Gasteiger partial charge in [0.15, 0.2) is 6.04 Å². The zero-order valence-electron chi connectivity index (χ0n) is 9.06. The van der Waals surface area contributed by atoms with Crippen LogP contribution >= 0.6 is 0 Å². The zero-order chi connectivity index (χ0) is 12.0. The fourth-order valence-corrected chi connectivity index (χ4v) is 2.34. The molecule has 0 fully saturated rings.